The second-order valence-electron chi connectivity index (χ2n) is 6.59. The number of methoxy groups -OCH3 is 1. The van der Waals surface area contributed by atoms with Crippen LogP contribution in [0.3, 0.4) is 0 Å². The molecular formula is C24H23N3O3. The van der Waals surface area contributed by atoms with Crippen molar-refractivity contribution in [3.8, 4) is 28.3 Å². The van der Waals surface area contributed by atoms with Gasteiger partial charge in [0.15, 0.2) is 18.1 Å². The molecule has 6 heteroatoms. The van der Waals surface area contributed by atoms with Crippen molar-refractivity contribution in [3.05, 3.63) is 91.5 Å². The van der Waals surface area contributed by atoms with Crippen molar-refractivity contribution >= 4 is 11.6 Å². The smallest absolute Gasteiger partial charge is 0.262 e. The number of imidazole rings is 1. The van der Waals surface area contributed by atoms with Crippen molar-refractivity contribution in [2.24, 2.45) is 0 Å². The molecule has 0 radical (unpaired) electrons. The first-order valence-corrected chi connectivity index (χ1v) is 9.47. The van der Waals surface area contributed by atoms with E-state index in [9.17, 15) is 4.79 Å². The largest absolute Gasteiger partial charge is 0.493 e. The fraction of sp³-hybridized carbons (Fsp3) is 0.0833. The minimum atomic E-state index is -0.247. The maximum atomic E-state index is 12.3. The number of carbonyl (C=O) groups excluding carboxylic acids is 1. The Morgan fingerprint density at radius 1 is 1.00 bits per heavy atom. The van der Waals surface area contributed by atoms with Gasteiger partial charge in [-0.15, -0.1) is 0 Å². The number of anilines is 1. The van der Waals surface area contributed by atoms with Gasteiger partial charge >= 0.3 is 0 Å². The normalized spacial score (nSPS) is 10.4. The molecule has 0 unspecified atom stereocenters. The van der Waals surface area contributed by atoms with E-state index in [1.807, 2.05) is 77.5 Å². The third-order valence-electron chi connectivity index (χ3n) is 4.58. The van der Waals surface area contributed by atoms with E-state index < -0.39 is 0 Å². The zero-order chi connectivity index (χ0) is 20.8. The van der Waals surface area contributed by atoms with Gasteiger partial charge in [0.2, 0.25) is 0 Å². The van der Waals surface area contributed by atoms with Crippen molar-refractivity contribution in [1.82, 2.24) is 9.55 Å². The van der Waals surface area contributed by atoms with Crippen LogP contribution in [0.4, 0.5) is 5.69 Å². The summed E-state index contributed by atoms with van der Waals surface area (Å²) in [4.78, 5) is 16.3. The van der Waals surface area contributed by atoms with Gasteiger partial charge in [-0.25, -0.2) is 4.98 Å². The summed E-state index contributed by atoms with van der Waals surface area (Å²) in [5.41, 5.74) is 3.82. The Labute approximate surface area is 176 Å². The van der Waals surface area contributed by atoms with Crippen molar-refractivity contribution in [1.29, 1.82) is 0 Å². The van der Waals surface area contributed by atoms with E-state index in [1.165, 1.54) is 0 Å². The van der Waals surface area contributed by atoms with Gasteiger partial charge in [-0.05, 0) is 35.4 Å². The molecule has 1 aromatic heterocycles. The van der Waals surface area contributed by atoms with Crippen LogP contribution in [-0.2, 0) is 4.79 Å². The predicted molar refractivity (Wildman–Crippen MR) is 118 cm³/mol. The molecule has 1 N–H and O–H groups in total. The molecular weight excluding hydrogens is 378 g/mol. The van der Waals surface area contributed by atoms with E-state index in [1.54, 1.807) is 25.7 Å². The summed E-state index contributed by atoms with van der Waals surface area (Å²) in [5.74, 6) is 0.792. The van der Waals surface area contributed by atoms with E-state index >= 15 is 0 Å². The number of carbonyl (C=O) groups is 1. The monoisotopic (exact) mass is 401 g/mol. The maximum absolute atomic E-state index is 12.3. The highest BCUT2D eigenvalue weighted by atomic mass is 16.5. The Bertz CT molecular complexity index is 1110. The number of ether oxygens (including phenoxy) is 2. The topological polar surface area (TPSA) is 65.4 Å². The number of benzene rings is 3. The molecule has 6 nitrogen and oxygen atoms in total. The molecule has 3 aromatic carbocycles. The van der Waals surface area contributed by atoms with E-state index in [0.717, 1.165) is 16.8 Å². The number of nitrogens with one attached hydrogen (secondary N) is 1. The van der Waals surface area contributed by atoms with E-state index in [-0.39, 0.29) is 13.9 Å². The molecule has 4 rings (SSSR count). The molecule has 1 amide bonds. The van der Waals surface area contributed by atoms with Crippen molar-refractivity contribution in [2.75, 3.05) is 19.0 Å². The molecule has 1 heterocycles. The van der Waals surface area contributed by atoms with Gasteiger partial charge in [-0.3, -0.25) is 4.79 Å². The lowest BCUT2D eigenvalue weighted by Gasteiger charge is -2.13. The number of aromatic nitrogens is 2. The molecule has 0 spiro atoms. The molecule has 0 saturated carbocycles. The van der Waals surface area contributed by atoms with Crippen molar-refractivity contribution in [3.63, 3.8) is 0 Å². The Kier molecular flexibility index (Phi) is 5.75. The van der Waals surface area contributed by atoms with Gasteiger partial charge in [0.1, 0.15) is 0 Å². The minimum absolute atomic E-state index is 0. The molecule has 0 fully saturated rings. The minimum Gasteiger partial charge on any atom is -0.493 e. The van der Waals surface area contributed by atoms with Crippen LogP contribution >= 0.6 is 0 Å². The summed E-state index contributed by atoms with van der Waals surface area (Å²) >= 11 is 0. The number of nitrogens with zero attached hydrogens (tertiary/aromatic N) is 2. The maximum Gasteiger partial charge on any atom is 0.262 e. The Balaban J connectivity index is 0.00000272. The van der Waals surface area contributed by atoms with Crippen LogP contribution in [0, 0.1) is 0 Å². The van der Waals surface area contributed by atoms with E-state index in [4.69, 9.17) is 9.47 Å². The predicted octanol–water partition coefficient (Wildman–Crippen LogP) is 4.81. The molecule has 152 valence electrons. The van der Waals surface area contributed by atoms with Crippen molar-refractivity contribution < 1.29 is 15.7 Å². The zero-order valence-corrected chi connectivity index (χ0v) is 16.5. The van der Waals surface area contributed by atoms with Crippen LogP contribution in [0.15, 0.2) is 91.5 Å². The third kappa shape index (κ3) is 4.50. The SMILES string of the molecule is COc1cc(-n2ccnc2)ccc1OCC(=O)Nc1ccc(-c2ccccc2)cc1.[HH]. The lowest BCUT2D eigenvalue weighted by molar-refractivity contribution is -0.118. The van der Waals surface area contributed by atoms with E-state index in [0.29, 0.717) is 17.2 Å². The van der Waals surface area contributed by atoms with Crippen LogP contribution < -0.4 is 14.8 Å². The zero-order valence-electron chi connectivity index (χ0n) is 16.5. The van der Waals surface area contributed by atoms with Gasteiger partial charge in [0, 0.05) is 25.6 Å². The summed E-state index contributed by atoms with van der Waals surface area (Å²) in [6, 6.07) is 23.3. The van der Waals surface area contributed by atoms with Gasteiger partial charge < -0.3 is 19.4 Å². The highest BCUT2D eigenvalue weighted by Crippen LogP contribution is 2.29. The summed E-state index contributed by atoms with van der Waals surface area (Å²) in [6.45, 7) is -0.124. The Hall–Kier alpha value is -4.06. The standard InChI is InChI=1S/C24H21N3O3.H2/c1-29-23-15-21(27-14-13-25-17-27)11-12-22(23)30-16-24(28)26-20-9-7-19(8-10-20)18-5-3-2-4-6-18;/h2-15,17H,16H2,1H3,(H,26,28);1H. The van der Waals surface area contributed by atoms with Crippen LogP contribution in [0.1, 0.15) is 1.43 Å². The highest BCUT2D eigenvalue weighted by Gasteiger charge is 2.10. The third-order valence-corrected chi connectivity index (χ3v) is 4.58. The lowest BCUT2D eigenvalue weighted by Crippen LogP contribution is -2.20. The van der Waals surface area contributed by atoms with Crippen LogP contribution in [0.25, 0.3) is 16.8 Å². The molecule has 4 aromatic rings. The summed E-state index contributed by atoms with van der Waals surface area (Å²) < 4.78 is 12.9. The van der Waals surface area contributed by atoms with Crippen LogP contribution in [-0.4, -0.2) is 29.2 Å². The summed E-state index contributed by atoms with van der Waals surface area (Å²) in [7, 11) is 1.56. The number of rotatable bonds is 7. The number of hydrogen-bond donors (Lipinski definition) is 1. The molecule has 0 atom stereocenters. The average molecular weight is 401 g/mol. The fourth-order valence-corrected chi connectivity index (χ4v) is 3.06. The average Bonchev–Trinajstić information content (AvgIpc) is 3.34. The van der Waals surface area contributed by atoms with Crippen LogP contribution in [0.5, 0.6) is 11.5 Å². The molecule has 0 aliphatic heterocycles. The molecule has 0 saturated heterocycles. The van der Waals surface area contributed by atoms with Gasteiger partial charge in [0.25, 0.3) is 5.91 Å². The quantitative estimate of drug-likeness (QED) is 0.483. The lowest BCUT2D eigenvalue weighted by atomic mass is 10.1. The molecule has 30 heavy (non-hydrogen) atoms. The Morgan fingerprint density at radius 3 is 2.47 bits per heavy atom. The second-order valence-corrected chi connectivity index (χ2v) is 6.59. The molecule has 0 aliphatic carbocycles. The number of amides is 1. The molecule has 0 aliphatic rings. The number of hydrogen-bond acceptors (Lipinski definition) is 4. The first-order valence-electron chi connectivity index (χ1n) is 9.47. The summed E-state index contributed by atoms with van der Waals surface area (Å²) in [5, 5.41) is 2.84. The van der Waals surface area contributed by atoms with Gasteiger partial charge in [-0.1, -0.05) is 42.5 Å². The first kappa shape index (κ1) is 19.3. The Morgan fingerprint density at radius 2 is 1.77 bits per heavy atom. The summed E-state index contributed by atoms with van der Waals surface area (Å²) in [6.07, 6.45) is 5.24. The van der Waals surface area contributed by atoms with E-state index in [2.05, 4.69) is 10.3 Å². The first-order chi connectivity index (χ1) is 14.7. The second kappa shape index (κ2) is 8.96. The van der Waals surface area contributed by atoms with Crippen molar-refractivity contribution in [2.45, 2.75) is 0 Å². The van der Waals surface area contributed by atoms with Gasteiger partial charge in [-0.2, -0.15) is 0 Å². The highest BCUT2D eigenvalue weighted by molar-refractivity contribution is 5.92. The molecule has 0 bridgehead atoms. The van der Waals surface area contributed by atoms with Crippen LogP contribution in [0.2, 0.25) is 0 Å². The van der Waals surface area contributed by atoms with Gasteiger partial charge in [0.05, 0.1) is 19.1 Å². The fourth-order valence-electron chi connectivity index (χ4n) is 3.06.